The summed E-state index contributed by atoms with van der Waals surface area (Å²) in [5.74, 6) is -1.27. The van der Waals surface area contributed by atoms with E-state index >= 15 is 0 Å². The lowest BCUT2D eigenvalue weighted by Gasteiger charge is -2.33. The van der Waals surface area contributed by atoms with Gasteiger partial charge in [0.1, 0.15) is 5.75 Å². The van der Waals surface area contributed by atoms with Gasteiger partial charge in [-0.3, -0.25) is 9.59 Å². The average Bonchev–Trinajstić information content (AvgIpc) is 2.77. The molecule has 1 fully saturated rings. The van der Waals surface area contributed by atoms with Crippen LogP contribution in [0.25, 0.3) is 0 Å². The molecular formula is C24H30N2O6. The van der Waals surface area contributed by atoms with E-state index in [4.69, 9.17) is 4.74 Å². The van der Waals surface area contributed by atoms with Crippen molar-refractivity contribution in [3.05, 3.63) is 47.5 Å². The maximum absolute atomic E-state index is 12.6. The Bertz CT molecular complexity index is 942. The zero-order chi connectivity index (χ0) is 23.4. The second-order valence-corrected chi connectivity index (χ2v) is 8.42. The molecule has 172 valence electrons. The zero-order valence-electron chi connectivity index (χ0n) is 18.5. The Morgan fingerprint density at radius 3 is 2.09 bits per heavy atom. The van der Waals surface area contributed by atoms with E-state index in [9.17, 15) is 24.9 Å². The molecule has 2 aromatic carbocycles. The number of nitrogens with one attached hydrogen (secondary N) is 1. The average molecular weight is 443 g/mol. The molecule has 1 heterocycles. The molecule has 0 spiro atoms. The number of hydrogen-bond donors (Lipinski definition) is 4. The van der Waals surface area contributed by atoms with E-state index in [-0.39, 0.29) is 23.4 Å². The molecule has 0 radical (unpaired) electrons. The molecule has 8 nitrogen and oxygen atoms in total. The molecular weight excluding hydrogens is 412 g/mol. The third-order valence-electron chi connectivity index (χ3n) is 5.67. The first-order valence-corrected chi connectivity index (χ1v) is 10.8. The Balaban J connectivity index is 1.49. The molecule has 32 heavy (non-hydrogen) atoms. The normalized spacial score (nSPS) is 15.4. The maximum Gasteiger partial charge on any atom is 0.260 e. The van der Waals surface area contributed by atoms with Crippen LogP contribution in [0.5, 0.6) is 23.0 Å². The van der Waals surface area contributed by atoms with Crippen LogP contribution in [0, 0.1) is 0 Å². The van der Waals surface area contributed by atoms with E-state index in [1.807, 2.05) is 24.3 Å². The number of likely N-dealkylation sites (tertiary alicyclic amines) is 1. The molecule has 2 aromatic rings. The Morgan fingerprint density at radius 2 is 1.56 bits per heavy atom. The minimum absolute atomic E-state index is 0.0810. The lowest BCUT2D eigenvalue weighted by molar-refractivity contribution is -0.128. The summed E-state index contributed by atoms with van der Waals surface area (Å²) in [6.45, 7) is 6.76. The van der Waals surface area contributed by atoms with E-state index in [1.165, 1.54) is 5.56 Å². The first kappa shape index (κ1) is 23.2. The van der Waals surface area contributed by atoms with Crippen LogP contribution in [0.15, 0.2) is 36.4 Å². The van der Waals surface area contributed by atoms with Gasteiger partial charge in [0.05, 0.1) is 0 Å². The van der Waals surface area contributed by atoms with Gasteiger partial charge >= 0.3 is 0 Å². The molecule has 3 rings (SSSR count). The number of rotatable bonds is 6. The Kier molecular flexibility index (Phi) is 7.12. The molecule has 1 atom stereocenters. The number of carbonyl (C=O) groups excluding carboxylic acids is 2. The Morgan fingerprint density at radius 1 is 1.00 bits per heavy atom. The second kappa shape index (κ2) is 9.80. The van der Waals surface area contributed by atoms with Gasteiger partial charge in [0.25, 0.3) is 11.8 Å². The fourth-order valence-electron chi connectivity index (χ4n) is 3.64. The largest absolute Gasteiger partial charge is 0.504 e. The van der Waals surface area contributed by atoms with Crippen LogP contribution in [-0.2, 0) is 4.79 Å². The topological polar surface area (TPSA) is 119 Å². The highest BCUT2D eigenvalue weighted by Gasteiger charge is 2.27. The minimum atomic E-state index is -0.657. The summed E-state index contributed by atoms with van der Waals surface area (Å²) in [5.41, 5.74) is 1.29. The van der Waals surface area contributed by atoms with Crippen LogP contribution in [0.2, 0.25) is 0 Å². The van der Waals surface area contributed by atoms with Gasteiger partial charge in [-0.15, -0.1) is 0 Å². The monoisotopic (exact) mass is 442 g/mol. The highest BCUT2D eigenvalue weighted by molar-refractivity contribution is 5.95. The van der Waals surface area contributed by atoms with Crippen molar-refractivity contribution in [2.45, 2.75) is 51.7 Å². The molecule has 0 aromatic heterocycles. The fourth-order valence-corrected chi connectivity index (χ4v) is 3.64. The van der Waals surface area contributed by atoms with E-state index < -0.39 is 23.4 Å². The summed E-state index contributed by atoms with van der Waals surface area (Å²) in [5, 5.41) is 31.7. The molecule has 1 aliphatic heterocycles. The molecule has 0 aliphatic carbocycles. The van der Waals surface area contributed by atoms with Crippen LogP contribution in [-0.4, -0.2) is 57.3 Å². The van der Waals surface area contributed by atoms with Crippen molar-refractivity contribution < 1.29 is 29.6 Å². The van der Waals surface area contributed by atoms with E-state index in [1.54, 1.807) is 11.8 Å². The SMILES string of the molecule is CC(Oc1ccc(C(C)C)cc1)C(=O)NC1CCN(C(=O)c2cc(O)c(O)c(O)c2)CC1. The molecule has 8 heteroatoms. The lowest BCUT2D eigenvalue weighted by Crippen LogP contribution is -2.49. The molecule has 2 amide bonds. The number of carbonyl (C=O) groups is 2. The molecule has 0 bridgehead atoms. The lowest BCUT2D eigenvalue weighted by atomic mass is 10.0. The van der Waals surface area contributed by atoms with Crippen molar-refractivity contribution in [3.8, 4) is 23.0 Å². The van der Waals surface area contributed by atoms with Crippen molar-refractivity contribution in [1.82, 2.24) is 10.2 Å². The van der Waals surface area contributed by atoms with Crippen LogP contribution in [0.1, 0.15) is 55.5 Å². The highest BCUT2D eigenvalue weighted by atomic mass is 16.5. The number of hydrogen-bond acceptors (Lipinski definition) is 6. The smallest absolute Gasteiger partial charge is 0.260 e. The van der Waals surface area contributed by atoms with Crippen molar-refractivity contribution in [2.75, 3.05) is 13.1 Å². The Hall–Kier alpha value is -3.42. The van der Waals surface area contributed by atoms with Gasteiger partial charge in [-0.2, -0.15) is 0 Å². The number of phenols is 3. The number of nitrogens with zero attached hydrogens (tertiary/aromatic N) is 1. The fraction of sp³-hybridized carbons (Fsp3) is 0.417. The van der Waals surface area contributed by atoms with Gasteiger partial charge in [-0.05, 0) is 55.5 Å². The summed E-state index contributed by atoms with van der Waals surface area (Å²) >= 11 is 0. The Labute approximate surface area is 187 Å². The molecule has 0 saturated carbocycles. The van der Waals surface area contributed by atoms with Gasteiger partial charge in [0.2, 0.25) is 0 Å². The summed E-state index contributed by atoms with van der Waals surface area (Å²) in [6, 6.07) is 9.87. The first-order valence-electron chi connectivity index (χ1n) is 10.8. The van der Waals surface area contributed by atoms with Crippen LogP contribution in [0.3, 0.4) is 0 Å². The van der Waals surface area contributed by atoms with Crippen molar-refractivity contribution in [2.24, 2.45) is 0 Å². The van der Waals surface area contributed by atoms with E-state index in [0.29, 0.717) is 37.6 Å². The summed E-state index contributed by atoms with van der Waals surface area (Å²) < 4.78 is 5.76. The van der Waals surface area contributed by atoms with E-state index in [2.05, 4.69) is 19.2 Å². The predicted octanol–water partition coefficient (Wildman–Crippen LogP) is 3.12. The maximum atomic E-state index is 12.6. The third kappa shape index (κ3) is 5.43. The van der Waals surface area contributed by atoms with Gasteiger partial charge < -0.3 is 30.3 Å². The summed E-state index contributed by atoms with van der Waals surface area (Å²) in [6.07, 6.45) is 0.495. The van der Waals surface area contributed by atoms with Gasteiger partial charge in [-0.25, -0.2) is 0 Å². The van der Waals surface area contributed by atoms with Crippen LogP contribution < -0.4 is 10.1 Å². The minimum Gasteiger partial charge on any atom is -0.504 e. The number of phenolic OH excluding ortho intramolecular Hbond substituents is 3. The van der Waals surface area contributed by atoms with Gasteiger partial charge in [0.15, 0.2) is 23.4 Å². The number of aromatic hydroxyl groups is 3. The first-order chi connectivity index (χ1) is 15.2. The molecule has 1 saturated heterocycles. The molecule has 4 N–H and O–H groups in total. The second-order valence-electron chi connectivity index (χ2n) is 8.42. The number of amides is 2. The van der Waals surface area contributed by atoms with Crippen molar-refractivity contribution in [3.63, 3.8) is 0 Å². The van der Waals surface area contributed by atoms with Gasteiger partial charge in [0, 0.05) is 24.7 Å². The molecule has 1 aliphatic rings. The van der Waals surface area contributed by atoms with Crippen LogP contribution in [0.4, 0.5) is 0 Å². The zero-order valence-corrected chi connectivity index (χ0v) is 18.5. The van der Waals surface area contributed by atoms with E-state index in [0.717, 1.165) is 12.1 Å². The molecule has 1 unspecified atom stereocenters. The predicted molar refractivity (Wildman–Crippen MR) is 119 cm³/mol. The number of benzene rings is 2. The van der Waals surface area contributed by atoms with Crippen molar-refractivity contribution in [1.29, 1.82) is 0 Å². The quantitative estimate of drug-likeness (QED) is 0.511. The summed E-state index contributed by atoms with van der Waals surface area (Å²) in [7, 11) is 0. The number of ether oxygens (including phenoxy) is 1. The standard InChI is InChI=1S/C24H30N2O6/c1-14(2)16-4-6-19(7-5-16)32-15(3)23(30)25-18-8-10-26(11-9-18)24(31)17-12-20(27)22(29)21(28)13-17/h4-7,12-15,18,27-29H,8-11H2,1-3H3,(H,25,30). The highest BCUT2D eigenvalue weighted by Crippen LogP contribution is 2.35. The van der Waals surface area contributed by atoms with Crippen LogP contribution >= 0.6 is 0 Å². The van der Waals surface area contributed by atoms with Gasteiger partial charge in [-0.1, -0.05) is 26.0 Å². The summed E-state index contributed by atoms with van der Waals surface area (Å²) in [4.78, 5) is 26.8. The van der Waals surface area contributed by atoms with Crippen molar-refractivity contribution >= 4 is 11.8 Å². The number of piperidine rings is 1. The third-order valence-corrected chi connectivity index (χ3v) is 5.67.